The third-order valence-electron chi connectivity index (χ3n) is 3.08. The molecule has 0 radical (unpaired) electrons. The van der Waals surface area contributed by atoms with Crippen molar-refractivity contribution in [2.75, 3.05) is 13.7 Å². The highest BCUT2D eigenvalue weighted by atomic mass is 16.5. The van der Waals surface area contributed by atoms with Crippen LogP contribution in [0.1, 0.15) is 31.4 Å². The summed E-state index contributed by atoms with van der Waals surface area (Å²) in [6.07, 6.45) is 2.44. The molecule has 2 nitrogen and oxygen atoms in total. The lowest BCUT2D eigenvalue weighted by atomic mass is 10.00. The van der Waals surface area contributed by atoms with Crippen molar-refractivity contribution in [2.24, 2.45) is 0 Å². The van der Waals surface area contributed by atoms with Crippen molar-refractivity contribution in [1.29, 1.82) is 0 Å². The summed E-state index contributed by atoms with van der Waals surface area (Å²) >= 11 is 0. The van der Waals surface area contributed by atoms with Gasteiger partial charge < -0.3 is 10.1 Å². The van der Waals surface area contributed by atoms with E-state index in [1.807, 2.05) is 0 Å². The normalized spacial score (nSPS) is 14.6. The Morgan fingerprint density at radius 3 is 2.71 bits per heavy atom. The minimum Gasteiger partial charge on any atom is -0.382 e. The average Bonchev–Trinajstić information content (AvgIpc) is 2.29. The van der Waals surface area contributed by atoms with Crippen molar-refractivity contribution in [3.8, 4) is 0 Å². The van der Waals surface area contributed by atoms with Crippen molar-refractivity contribution >= 4 is 0 Å². The molecule has 1 aromatic rings. The van der Waals surface area contributed by atoms with Crippen LogP contribution in [0, 0.1) is 6.92 Å². The van der Waals surface area contributed by atoms with Gasteiger partial charge in [-0.3, -0.25) is 0 Å². The van der Waals surface area contributed by atoms with Crippen LogP contribution in [0.5, 0.6) is 0 Å². The summed E-state index contributed by atoms with van der Waals surface area (Å²) in [5, 5.41) is 3.54. The Labute approximate surface area is 105 Å². The van der Waals surface area contributed by atoms with Gasteiger partial charge in [0.1, 0.15) is 0 Å². The molecule has 2 heteroatoms. The van der Waals surface area contributed by atoms with Gasteiger partial charge in [-0.1, -0.05) is 36.8 Å². The van der Waals surface area contributed by atoms with Gasteiger partial charge in [0.05, 0.1) is 6.10 Å². The number of ether oxygens (including phenoxy) is 1. The molecule has 2 atom stereocenters. The van der Waals surface area contributed by atoms with E-state index in [1.54, 1.807) is 7.11 Å². The predicted octanol–water partition coefficient (Wildman–Crippen LogP) is 2.94. The fraction of sp³-hybridized carbons (Fsp3) is 0.600. The number of likely N-dealkylation sites (N-methyl/N-ethyl adjacent to an activating group) is 1. The first kappa shape index (κ1) is 14.2. The van der Waals surface area contributed by atoms with E-state index < -0.39 is 0 Å². The van der Waals surface area contributed by atoms with Crippen molar-refractivity contribution in [2.45, 2.75) is 45.8 Å². The molecule has 0 aromatic heterocycles. The zero-order valence-corrected chi connectivity index (χ0v) is 11.5. The molecular weight excluding hydrogens is 210 g/mol. The van der Waals surface area contributed by atoms with Crippen LogP contribution in [0.25, 0.3) is 0 Å². The zero-order chi connectivity index (χ0) is 12.7. The first-order valence-corrected chi connectivity index (χ1v) is 6.47. The highest BCUT2D eigenvalue weighted by Gasteiger charge is 2.12. The lowest BCUT2D eigenvalue weighted by Gasteiger charge is -2.21. The minimum atomic E-state index is 0.309. The van der Waals surface area contributed by atoms with Gasteiger partial charge in [0.25, 0.3) is 0 Å². The Morgan fingerprint density at radius 1 is 1.35 bits per heavy atom. The molecule has 0 saturated carbocycles. The molecule has 0 spiro atoms. The molecule has 1 N–H and O–H groups in total. The van der Waals surface area contributed by atoms with Crippen LogP contribution in [0.15, 0.2) is 24.3 Å². The smallest absolute Gasteiger partial charge is 0.0558 e. The summed E-state index contributed by atoms with van der Waals surface area (Å²) in [6.45, 7) is 7.43. The number of methoxy groups -OCH3 is 1. The highest BCUT2D eigenvalue weighted by Crippen LogP contribution is 2.11. The largest absolute Gasteiger partial charge is 0.382 e. The van der Waals surface area contributed by atoms with E-state index >= 15 is 0 Å². The van der Waals surface area contributed by atoms with Crippen LogP contribution < -0.4 is 5.32 Å². The second-order valence-electron chi connectivity index (χ2n) is 4.73. The van der Waals surface area contributed by atoms with Crippen LogP contribution in [0.2, 0.25) is 0 Å². The van der Waals surface area contributed by atoms with Gasteiger partial charge in [0, 0.05) is 13.2 Å². The lowest BCUT2D eigenvalue weighted by Crippen LogP contribution is -2.34. The van der Waals surface area contributed by atoms with Crippen molar-refractivity contribution in [3.05, 3.63) is 35.4 Å². The summed E-state index contributed by atoms with van der Waals surface area (Å²) in [5.41, 5.74) is 2.73. The summed E-state index contributed by atoms with van der Waals surface area (Å²) in [6, 6.07) is 9.24. The van der Waals surface area contributed by atoms with Gasteiger partial charge in [0.15, 0.2) is 0 Å². The molecule has 0 saturated heterocycles. The molecule has 0 heterocycles. The summed E-state index contributed by atoms with van der Waals surface area (Å²) < 4.78 is 5.35. The summed E-state index contributed by atoms with van der Waals surface area (Å²) in [7, 11) is 1.78. The van der Waals surface area contributed by atoms with E-state index in [4.69, 9.17) is 4.74 Å². The fourth-order valence-corrected chi connectivity index (χ4v) is 2.15. The molecule has 0 bridgehead atoms. The molecule has 1 rings (SSSR count). The van der Waals surface area contributed by atoms with Crippen LogP contribution in [-0.4, -0.2) is 25.8 Å². The maximum atomic E-state index is 5.35. The Bertz CT molecular complexity index is 324. The fourth-order valence-electron chi connectivity index (χ4n) is 2.15. The van der Waals surface area contributed by atoms with Gasteiger partial charge >= 0.3 is 0 Å². The number of rotatable bonds is 7. The summed E-state index contributed by atoms with van der Waals surface area (Å²) in [5.74, 6) is 0. The molecule has 2 unspecified atom stereocenters. The maximum Gasteiger partial charge on any atom is 0.0558 e. The molecule has 0 fully saturated rings. The van der Waals surface area contributed by atoms with Crippen molar-refractivity contribution < 1.29 is 4.74 Å². The molecule has 1 aromatic carbocycles. The van der Waals surface area contributed by atoms with Gasteiger partial charge in [-0.15, -0.1) is 0 Å². The van der Waals surface area contributed by atoms with Crippen LogP contribution >= 0.6 is 0 Å². The summed E-state index contributed by atoms with van der Waals surface area (Å²) in [4.78, 5) is 0. The lowest BCUT2D eigenvalue weighted by molar-refractivity contribution is 0.101. The van der Waals surface area contributed by atoms with Gasteiger partial charge in [-0.2, -0.15) is 0 Å². The molecule has 0 amide bonds. The monoisotopic (exact) mass is 235 g/mol. The van der Waals surface area contributed by atoms with Crippen LogP contribution in [-0.2, 0) is 11.2 Å². The van der Waals surface area contributed by atoms with E-state index in [1.165, 1.54) is 11.1 Å². The molecule has 17 heavy (non-hydrogen) atoms. The van der Waals surface area contributed by atoms with E-state index in [0.717, 1.165) is 19.4 Å². The maximum absolute atomic E-state index is 5.35. The topological polar surface area (TPSA) is 21.3 Å². The number of benzene rings is 1. The Balaban J connectivity index is 2.59. The Kier molecular flexibility index (Phi) is 6.23. The first-order chi connectivity index (χ1) is 8.15. The average molecular weight is 235 g/mol. The van der Waals surface area contributed by atoms with Crippen molar-refractivity contribution in [1.82, 2.24) is 5.32 Å². The number of hydrogen-bond acceptors (Lipinski definition) is 2. The number of aryl methyl sites for hydroxylation is 1. The Morgan fingerprint density at radius 2 is 2.12 bits per heavy atom. The van der Waals surface area contributed by atoms with Gasteiger partial charge in [-0.25, -0.2) is 0 Å². The zero-order valence-electron chi connectivity index (χ0n) is 11.5. The second-order valence-corrected chi connectivity index (χ2v) is 4.73. The van der Waals surface area contributed by atoms with E-state index in [0.29, 0.717) is 12.1 Å². The van der Waals surface area contributed by atoms with Crippen molar-refractivity contribution in [3.63, 3.8) is 0 Å². The Hall–Kier alpha value is -0.860. The van der Waals surface area contributed by atoms with Crippen LogP contribution in [0.3, 0.4) is 0 Å². The molecule has 0 aliphatic carbocycles. The standard InChI is InChI=1S/C15H25NO/c1-5-16-15(10-13(3)17-4)11-14-8-6-7-12(2)9-14/h6-9,13,15-16H,5,10-11H2,1-4H3. The predicted molar refractivity (Wildman–Crippen MR) is 73.4 cm³/mol. The van der Waals surface area contributed by atoms with E-state index in [2.05, 4.69) is 50.4 Å². The number of nitrogens with one attached hydrogen (secondary N) is 1. The quantitative estimate of drug-likeness (QED) is 0.784. The third-order valence-corrected chi connectivity index (χ3v) is 3.08. The minimum absolute atomic E-state index is 0.309. The molecular formula is C15H25NO. The van der Waals surface area contributed by atoms with Gasteiger partial charge in [0.2, 0.25) is 0 Å². The van der Waals surface area contributed by atoms with Crippen LogP contribution in [0.4, 0.5) is 0 Å². The third kappa shape index (κ3) is 5.33. The first-order valence-electron chi connectivity index (χ1n) is 6.47. The second kappa shape index (κ2) is 7.46. The van der Waals surface area contributed by atoms with E-state index in [9.17, 15) is 0 Å². The molecule has 0 aliphatic heterocycles. The van der Waals surface area contributed by atoms with E-state index in [-0.39, 0.29) is 0 Å². The molecule has 96 valence electrons. The SMILES string of the molecule is CCNC(Cc1cccc(C)c1)CC(C)OC. The number of hydrogen-bond donors (Lipinski definition) is 1. The molecule has 0 aliphatic rings. The highest BCUT2D eigenvalue weighted by molar-refractivity contribution is 5.23. The van der Waals surface area contributed by atoms with Gasteiger partial charge in [-0.05, 0) is 38.8 Å².